The molecule has 0 aromatic rings. The van der Waals surface area contributed by atoms with Crippen molar-refractivity contribution in [2.45, 2.75) is 36.4 Å². The zero-order valence-corrected chi connectivity index (χ0v) is 7.88. The van der Waals surface area contributed by atoms with Gasteiger partial charge in [-0.1, -0.05) is 0 Å². The van der Waals surface area contributed by atoms with Gasteiger partial charge in [-0.15, -0.1) is 0 Å². The Morgan fingerprint density at radius 1 is 1.31 bits per heavy atom. The highest BCUT2D eigenvalue weighted by atomic mass is 16.5. The first-order chi connectivity index (χ1) is 6.36. The van der Waals surface area contributed by atoms with Gasteiger partial charge in [0.05, 0.1) is 11.1 Å². The van der Waals surface area contributed by atoms with Crippen LogP contribution in [0.25, 0.3) is 0 Å². The van der Waals surface area contributed by atoms with Crippen LogP contribution in [-0.2, 0) is 4.74 Å². The van der Waals surface area contributed by atoms with Crippen LogP contribution in [0.3, 0.4) is 0 Å². The molecule has 0 radical (unpaired) electrons. The number of piperazine rings is 1. The van der Waals surface area contributed by atoms with Crippen LogP contribution in [0.1, 0.15) is 19.3 Å². The van der Waals surface area contributed by atoms with Crippen molar-refractivity contribution in [1.29, 1.82) is 0 Å². The van der Waals surface area contributed by atoms with E-state index in [1.807, 2.05) is 0 Å². The molecule has 1 saturated carbocycles. The predicted molar refractivity (Wildman–Crippen MR) is 48.6 cm³/mol. The zero-order valence-electron chi connectivity index (χ0n) is 7.88. The van der Waals surface area contributed by atoms with Crippen molar-refractivity contribution < 1.29 is 4.74 Å². The number of nitrogens with one attached hydrogen (secondary N) is 1. The average molecular weight is 180 g/mol. The highest BCUT2D eigenvalue weighted by Crippen LogP contribution is 2.67. The second-order valence-corrected chi connectivity index (χ2v) is 5.12. The molecule has 3 aliphatic heterocycles. The number of likely N-dealkylation sites (tertiary alicyclic amines) is 1. The Morgan fingerprint density at radius 2 is 2.15 bits per heavy atom. The zero-order chi connectivity index (χ0) is 8.52. The van der Waals surface area contributed by atoms with Gasteiger partial charge in [0.15, 0.2) is 0 Å². The fourth-order valence-corrected chi connectivity index (χ4v) is 3.69. The van der Waals surface area contributed by atoms with Gasteiger partial charge in [0.1, 0.15) is 0 Å². The Morgan fingerprint density at radius 3 is 2.62 bits per heavy atom. The maximum Gasteiger partial charge on any atom is 0.0551 e. The number of ether oxygens (including phenoxy) is 1. The van der Waals surface area contributed by atoms with Gasteiger partial charge in [0.2, 0.25) is 0 Å². The summed E-state index contributed by atoms with van der Waals surface area (Å²) in [5.41, 5.74) is 1.26. The minimum atomic E-state index is 0.616. The number of hydrogen-bond acceptors (Lipinski definition) is 3. The van der Waals surface area contributed by atoms with Gasteiger partial charge in [-0.25, -0.2) is 0 Å². The molecule has 13 heavy (non-hydrogen) atoms. The van der Waals surface area contributed by atoms with E-state index >= 15 is 0 Å². The molecule has 0 spiro atoms. The van der Waals surface area contributed by atoms with Crippen molar-refractivity contribution in [1.82, 2.24) is 10.2 Å². The summed E-state index contributed by atoms with van der Waals surface area (Å²) in [6, 6.07) is 0.839. The summed E-state index contributed by atoms with van der Waals surface area (Å²) in [7, 11) is 0. The third kappa shape index (κ3) is 0.631. The average Bonchev–Trinajstić information content (AvgIpc) is 2.59. The molecule has 2 atom stereocenters. The van der Waals surface area contributed by atoms with Gasteiger partial charge in [0, 0.05) is 32.3 Å². The van der Waals surface area contributed by atoms with Crippen molar-refractivity contribution >= 4 is 0 Å². The maximum atomic E-state index is 5.40. The molecule has 4 rings (SSSR count). The van der Waals surface area contributed by atoms with Gasteiger partial charge >= 0.3 is 0 Å². The van der Waals surface area contributed by atoms with Gasteiger partial charge in [0.25, 0.3) is 0 Å². The standard InChI is InChI=1S/C10H16N2O/c1-3-13-4-2-8(1)12-7-9-5-10(9,12)6-11-9/h8,11H,1-7H2/t9-,10-/m1/s1. The molecule has 1 aliphatic carbocycles. The first kappa shape index (κ1) is 7.21. The van der Waals surface area contributed by atoms with E-state index in [0.29, 0.717) is 11.1 Å². The summed E-state index contributed by atoms with van der Waals surface area (Å²) in [5.74, 6) is 0. The van der Waals surface area contributed by atoms with Crippen LogP contribution in [0.5, 0.6) is 0 Å². The smallest absolute Gasteiger partial charge is 0.0551 e. The Hall–Kier alpha value is -0.120. The van der Waals surface area contributed by atoms with E-state index in [1.54, 1.807) is 0 Å². The first-order valence-electron chi connectivity index (χ1n) is 5.46. The quantitative estimate of drug-likeness (QED) is 0.613. The second-order valence-electron chi connectivity index (χ2n) is 5.12. The third-order valence-corrected chi connectivity index (χ3v) is 4.70. The molecule has 0 unspecified atom stereocenters. The Kier molecular flexibility index (Phi) is 1.08. The van der Waals surface area contributed by atoms with E-state index in [1.165, 1.54) is 32.4 Å². The minimum absolute atomic E-state index is 0.616. The lowest BCUT2D eigenvalue weighted by Crippen LogP contribution is -2.79. The van der Waals surface area contributed by atoms with Gasteiger partial charge in [-0.3, -0.25) is 4.90 Å². The SMILES string of the molecule is C1CC(N2C[C@]34C[C@]23CN4)CCO1. The van der Waals surface area contributed by atoms with Crippen LogP contribution in [0.4, 0.5) is 0 Å². The summed E-state index contributed by atoms with van der Waals surface area (Å²) in [4.78, 5) is 2.76. The lowest BCUT2D eigenvalue weighted by Gasteiger charge is -2.58. The third-order valence-electron chi connectivity index (χ3n) is 4.70. The molecule has 0 amide bonds. The summed E-state index contributed by atoms with van der Waals surface area (Å²) >= 11 is 0. The Labute approximate surface area is 78.4 Å². The molecule has 4 aliphatic rings. The van der Waals surface area contributed by atoms with Crippen molar-refractivity contribution in [3.63, 3.8) is 0 Å². The van der Waals surface area contributed by atoms with Crippen LogP contribution in [0, 0.1) is 0 Å². The highest BCUT2D eigenvalue weighted by molar-refractivity contribution is 5.45. The number of nitrogens with zero attached hydrogens (tertiary/aromatic N) is 1. The molecule has 0 bridgehead atoms. The van der Waals surface area contributed by atoms with Crippen molar-refractivity contribution in [3.05, 3.63) is 0 Å². The van der Waals surface area contributed by atoms with Crippen LogP contribution in [0.15, 0.2) is 0 Å². The maximum absolute atomic E-state index is 5.40. The molecule has 3 nitrogen and oxygen atoms in total. The van der Waals surface area contributed by atoms with E-state index in [9.17, 15) is 0 Å². The van der Waals surface area contributed by atoms with Gasteiger partial charge in [-0.2, -0.15) is 0 Å². The monoisotopic (exact) mass is 180 g/mol. The summed E-state index contributed by atoms with van der Waals surface area (Å²) in [5, 5.41) is 3.58. The first-order valence-corrected chi connectivity index (χ1v) is 5.46. The molecule has 3 saturated heterocycles. The summed E-state index contributed by atoms with van der Waals surface area (Å²) in [6.07, 6.45) is 3.95. The van der Waals surface area contributed by atoms with E-state index in [0.717, 1.165) is 19.3 Å². The molecule has 1 N–H and O–H groups in total. The predicted octanol–water partition coefficient (Wildman–Crippen LogP) is -0.0345. The molecule has 3 heteroatoms. The summed E-state index contributed by atoms with van der Waals surface area (Å²) in [6.45, 7) is 4.54. The second kappa shape index (κ2) is 1.95. The molecule has 4 fully saturated rings. The fraction of sp³-hybridized carbons (Fsp3) is 1.00. The lowest BCUT2D eigenvalue weighted by atomic mass is 9.85. The molecule has 72 valence electrons. The van der Waals surface area contributed by atoms with Crippen molar-refractivity contribution in [3.8, 4) is 0 Å². The van der Waals surface area contributed by atoms with Crippen LogP contribution in [0.2, 0.25) is 0 Å². The molecular weight excluding hydrogens is 164 g/mol. The molecule has 3 heterocycles. The normalized spacial score (nSPS) is 54.5. The van der Waals surface area contributed by atoms with Crippen molar-refractivity contribution in [2.75, 3.05) is 26.3 Å². The van der Waals surface area contributed by atoms with Gasteiger partial charge < -0.3 is 10.1 Å². The number of rotatable bonds is 1. The van der Waals surface area contributed by atoms with E-state index < -0.39 is 0 Å². The lowest BCUT2D eigenvalue weighted by molar-refractivity contribution is -0.0807. The number of hydrogen-bond donors (Lipinski definition) is 1. The molecule has 0 aromatic carbocycles. The Bertz CT molecular complexity index is 264. The van der Waals surface area contributed by atoms with Crippen molar-refractivity contribution in [2.24, 2.45) is 0 Å². The van der Waals surface area contributed by atoms with Crippen LogP contribution in [-0.4, -0.2) is 48.3 Å². The summed E-state index contributed by atoms with van der Waals surface area (Å²) < 4.78 is 5.40. The molecule has 0 aromatic heterocycles. The van der Waals surface area contributed by atoms with E-state index in [4.69, 9.17) is 4.74 Å². The minimum Gasteiger partial charge on any atom is -0.381 e. The molecular formula is C10H16N2O. The topological polar surface area (TPSA) is 24.5 Å². The largest absolute Gasteiger partial charge is 0.381 e. The van der Waals surface area contributed by atoms with Crippen LogP contribution < -0.4 is 5.32 Å². The fourth-order valence-electron chi connectivity index (χ4n) is 3.69. The van der Waals surface area contributed by atoms with E-state index in [2.05, 4.69) is 10.2 Å². The van der Waals surface area contributed by atoms with E-state index in [-0.39, 0.29) is 0 Å². The van der Waals surface area contributed by atoms with Crippen LogP contribution >= 0.6 is 0 Å². The van der Waals surface area contributed by atoms with Gasteiger partial charge in [-0.05, 0) is 19.3 Å². The Balaban J connectivity index is 1.51. The highest BCUT2D eigenvalue weighted by Gasteiger charge is 2.85.